The van der Waals surface area contributed by atoms with E-state index in [1.54, 1.807) is 0 Å². The summed E-state index contributed by atoms with van der Waals surface area (Å²) in [6, 6.07) is 8.33. The molecule has 68 valence electrons. The van der Waals surface area contributed by atoms with E-state index in [2.05, 4.69) is 52.8 Å². The fraction of sp³-hybridized carbons (Fsp3) is 0.222. The molecule has 0 unspecified atom stereocenters. The first-order valence-electron chi connectivity index (χ1n) is 4.33. The molecular formula is C9H12N4. The van der Waals surface area contributed by atoms with Crippen LogP contribution in [0.5, 0.6) is 0 Å². The Balaban J connectivity index is 2.22. The number of hydrogen-bond donors (Lipinski definition) is 3. The maximum atomic E-state index is 4.01. The number of amidine groups is 1. The van der Waals surface area contributed by atoms with Crippen molar-refractivity contribution in [2.24, 2.45) is 5.10 Å². The summed E-state index contributed by atoms with van der Waals surface area (Å²) in [5.74, 6) is 0.822. The second-order valence-electron chi connectivity index (χ2n) is 2.87. The highest BCUT2D eigenvalue weighted by Crippen LogP contribution is 2.05. The smallest absolute Gasteiger partial charge is 0.170 e. The van der Waals surface area contributed by atoms with Crippen LogP contribution in [0.25, 0.3) is 0 Å². The molecule has 1 heterocycles. The van der Waals surface area contributed by atoms with Crippen molar-refractivity contribution in [3.63, 3.8) is 0 Å². The number of hydrogen-bond acceptors (Lipinski definition) is 4. The van der Waals surface area contributed by atoms with Crippen molar-refractivity contribution in [1.29, 1.82) is 0 Å². The zero-order valence-corrected chi connectivity index (χ0v) is 7.46. The van der Waals surface area contributed by atoms with Crippen molar-refractivity contribution in [2.45, 2.75) is 13.3 Å². The Morgan fingerprint density at radius 2 is 2.00 bits per heavy atom. The fourth-order valence-corrected chi connectivity index (χ4v) is 1.23. The first-order chi connectivity index (χ1) is 6.40. The minimum Gasteiger partial charge on any atom is -0.285 e. The Labute approximate surface area is 77.0 Å². The average molecular weight is 176 g/mol. The van der Waals surface area contributed by atoms with E-state index in [0.717, 1.165) is 17.8 Å². The summed E-state index contributed by atoms with van der Waals surface area (Å²) in [7, 11) is 0. The summed E-state index contributed by atoms with van der Waals surface area (Å²) in [5.41, 5.74) is 10.6. The molecule has 0 amide bonds. The van der Waals surface area contributed by atoms with Crippen LogP contribution in [0.3, 0.4) is 0 Å². The Morgan fingerprint density at radius 3 is 2.54 bits per heavy atom. The summed E-state index contributed by atoms with van der Waals surface area (Å²) in [4.78, 5) is 0. The molecule has 0 aliphatic carbocycles. The van der Waals surface area contributed by atoms with E-state index in [9.17, 15) is 0 Å². The number of aryl methyl sites for hydroxylation is 1. The molecule has 0 saturated carbocycles. The van der Waals surface area contributed by atoms with E-state index in [1.165, 1.54) is 5.56 Å². The molecule has 4 heteroatoms. The predicted molar refractivity (Wildman–Crippen MR) is 51.8 cm³/mol. The van der Waals surface area contributed by atoms with Gasteiger partial charge in [-0.05, 0) is 12.0 Å². The van der Waals surface area contributed by atoms with Gasteiger partial charge >= 0.3 is 0 Å². The number of rotatable bonds is 2. The van der Waals surface area contributed by atoms with Gasteiger partial charge in [0.1, 0.15) is 0 Å². The standard InChI is InChI=1S/C9H12N4/c1-2-7-3-5-8(6-4-7)9-10-12-13-11-9/h3-6,12-13H,2H2,1H3,(H,10,11). The minimum atomic E-state index is 0.822. The third-order valence-corrected chi connectivity index (χ3v) is 2.04. The molecule has 1 aromatic carbocycles. The van der Waals surface area contributed by atoms with Gasteiger partial charge in [0.2, 0.25) is 0 Å². The maximum absolute atomic E-state index is 4.01. The lowest BCUT2D eigenvalue weighted by Gasteiger charge is -2.01. The first kappa shape index (κ1) is 8.07. The fourth-order valence-electron chi connectivity index (χ4n) is 1.23. The van der Waals surface area contributed by atoms with Crippen molar-refractivity contribution in [1.82, 2.24) is 16.5 Å². The van der Waals surface area contributed by atoms with E-state index in [-0.39, 0.29) is 0 Å². The summed E-state index contributed by atoms with van der Waals surface area (Å²) < 4.78 is 0. The van der Waals surface area contributed by atoms with Gasteiger partial charge < -0.3 is 0 Å². The molecule has 1 aliphatic rings. The van der Waals surface area contributed by atoms with Crippen molar-refractivity contribution >= 4 is 5.84 Å². The molecule has 0 spiro atoms. The van der Waals surface area contributed by atoms with Gasteiger partial charge in [-0.2, -0.15) is 0 Å². The third-order valence-electron chi connectivity index (χ3n) is 2.04. The van der Waals surface area contributed by atoms with E-state index >= 15 is 0 Å². The number of hydrazone groups is 1. The molecule has 0 radical (unpaired) electrons. The minimum absolute atomic E-state index is 0.822. The maximum Gasteiger partial charge on any atom is 0.170 e. The van der Waals surface area contributed by atoms with Gasteiger partial charge in [-0.15, -0.1) is 10.6 Å². The average Bonchev–Trinajstić information content (AvgIpc) is 2.71. The molecule has 2 rings (SSSR count). The van der Waals surface area contributed by atoms with Crippen LogP contribution in [0, 0.1) is 0 Å². The van der Waals surface area contributed by atoms with Crippen LogP contribution in [0.2, 0.25) is 0 Å². The van der Waals surface area contributed by atoms with Gasteiger partial charge in [0.15, 0.2) is 5.84 Å². The second kappa shape index (κ2) is 3.45. The molecule has 0 saturated heterocycles. The Hall–Kier alpha value is -1.55. The molecular weight excluding hydrogens is 164 g/mol. The third kappa shape index (κ3) is 1.62. The van der Waals surface area contributed by atoms with Crippen LogP contribution < -0.4 is 16.5 Å². The summed E-state index contributed by atoms with van der Waals surface area (Å²) in [5, 5.41) is 4.01. The van der Waals surface area contributed by atoms with Crippen LogP contribution in [0.1, 0.15) is 18.1 Å². The van der Waals surface area contributed by atoms with E-state index < -0.39 is 0 Å². The van der Waals surface area contributed by atoms with Crippen molar-refractivity contribution in [3.8, 4) is 0 Å². The van der Waals surface area contributed by atoms with Crippen molar-refractivity contribution in [2.75, 3.05) is 0 Å². The largest absolute Gasteiger partial charge is 0.285 e. The normalized spacial score (nSPS) is 14.7. The van der Waals surface area contributed by atoms with Crippen LogP contribution >= 0.6 is 0 Å². The van der Waals surface area contributed by atoms with E-state index in [1.807, 2.05) is 0 Å². The lowest BCUT2D eigenvalue weighted by atomic mass is 10.1. The topological polar surface area (TPSA) is 48.5 Å². The molecule has 0 bridgehead atoms. The number of nitrogens with zero attached hydrogens (tertiary/aromatic N) is 1. The molecule has 0 aromatic heterocycles. The predicted octanol–water partition coefficient (Wildman–Crippen LogP) is 0.523. The summed E-state index contributed by atoms with van der Waals surface area (Å²) in [6.45, 7) is 2.14. The number of nitrogens with one attached hydrogen (secondary N) is 3. The zero-order valence-electron chi connectivity index (χ0n) is 7.46. The highest BCUT2D eigenvalue weighted by Gasteiger charge is 2.06. The van der Waals surface area contributed by atoms with Crippen LogP contribution in [-0.4, -0.2) is 5.84 Å². The van der Waals surface area contributed by atoms with Gasteiger partial charge in [0.25, 0.3) is 0 Å². The molecule has 1 aliphatic heterocycles. The van der Waals surface area contributed by atoms with Crippen molar-refractivity contribution < 1.29 is 0 Å². The molecule has 0 atom stereocenters. The molecule has 1 aromatic rings. The Bertz CT molecular complexity index is 315. The highest BCUT2D eigenvalue weighted by molar-refractivity contribution is 5.98. The Kier molecular flexibility index (Phi) is 2.14. The lowest BCUT2D eigenvalue weighted by Crippen LogP contribution is -2.35. The van der Waals surface area contributed by atoms with E-state index in [4.69, 9.17) is 0 Å². The van der Waals surface area contributed by atoms with Gasteiger partial charge in [0, 0.05) is 5.56 Å². The monoisotopic (exact) mass is 176 g/mol. The molecule has 0 fully saturated rings. The zero-order chi connectivity index (χ0) is 9.10. The SMILES string of the molecule is CCc1ccc(C2=NNNN2)cc1. The first-order valence-corrected chi connectivity index (χ1v) is 4.33. The summed E-state index contributed by atoms with van der Waals surface area (Å²) in [6.07, 6.45) is 1.07. The van der Waals surface area contributed by atoms with Crippen LogP contribution in [0.15, 0.2) is 29.4 Å². The van der Waals surface area contributed by atoms with Crippen molar-refractivity contribution in [3.05, 3.63) is 35.4 Å². The second-order valence-corrected chi connectivity index (χ2v) is 2.87. The molecule has 4 nitrogen and oxygen atoms in total. The molecule has 3 N–H and O–H groups in total. The lowest BCUT2D eigenvalue weighted by molar-refractivity contribution is 0.577. The highest BCUT2D eigenvalue weighted by atomic mass is 15.8. The van der Waals surface area contributed by atoms with Gasteiger partial charge in [0.05, 0.1) is 0 Å². The number of benzene rings is 1. The quantitative estimate of drug-likeness (QED) is 0.616. The van der Waals surface area contributed by atoms with Crippen LogP contribution in [0.4, 0.5) is 0 Å². The van der Waals surface area contributed by atoms with Gasteiger partial charge in [-0.1, -0.05) is 31.2 Å². The summed E-state index contributed by atoms with van der Waals surface area (Å²) >= 11 is 0. The van der Waals surface area contributed by atoms with Gasteiger partial charge in [-0.25, -0.2) is 5.53 Å². The molecule has 13 heavy (non-hydrogen) atoms. The number of hydrazine groups is 2. The van der Waals surface area contributed by atoms with Crippen LogP contribution in [-0.2, 0) is 6.42 Å². The van der Waals surface area contributed by atoms with Gasteiger partial charge in [-0.3, -0.25) is 5.43 Å². The Morgan fingerprint density at radius 1 is 1.23 bits per heavy atom. The van der Waals surface area contributed by atoms with E-state index in [0.29, 0.717) is 0 Å².